The molecule has 1 heterocycles. The third-order valence-corrected chi connectivity index (χ3v) is 3.45. The number of amides is 1. The maximum absolute atomic E-state index is 13.7. The molecule has 2 aliphatic rings. The fourth-order valence-corrected chi connectivity index (χ4v) is 2.54. The lowest BCUT2D eigenvalue weighted by Crippen LogP contribution is -2.24. The van der Waals surface area contributed by atoms with E-state index in [1.54, 1.807) is 0 Å². The highest BCUT2D eigenvalue weighted by atomic mass is 19.1. The zero-order chi connectivity index (χ0) is 12.4. The van der Waals surface area contributed by atoms with Gasteiger partial charge in [0, 0.05) is 5.56 Å². The highest BCUT2D eigenvalue weighted by molar-refractivity contribution is 6.12. The van der Waals surface area contributed by atoms with Gasteiger partial charge < -0.3 is 10.4 Å². The number of hydrogen-bond donors (Lipinski definition) is 2. The second-order valence-electron chi connectivity index (χ2n) is 4.30. The van der Waals surface area contributed by atoms with Crippen LogP contribution in [0.4, 0.5) is 14.5 Å². The van der Waals surface area contributed by atoms with Crippen LogP contribution in [-0.2, 0) is 15.0 Å². The van der Waals surface area contributed by atoms with Gasteiger partial charge in [-0.1, -0.05) is 0 Å². The number of halogens is 2. The number of benzene rings is 1. The predicted octanol–water partition coefficient (Wildman–Crippen LogP) is 1.26. The minimum Gasteiger partial charge on any atom is -0.481 e. The van der Waals surface area contributed by atoms with Crippen molar-refractivity contribution in [3.05, 3.63) is 29.3 Å². The van der Waals surface area contributed by atoms with Gasteiger partial charge in [0.2, 0.25) is 5.91 Å². The molecule has 1 fully saturated rings. The van der Waals surface area contributed by atoms with E-state index in [1.165, 1.54) is 0 Å². The van der Waals surface area contributed by atoms with Crippen molar-refractivity contribution in [3.8, 4) is 0 Å². The van der Waals surface area contributed by atoms with Crippen LogP contribution in [0.1, 0.15) is 12.0 Å². The van der Waals surface area contributed by atoms with Crippen molar-refractivity contribution in [3.63, 3.8) is 0 Å². The highest BCUT2D eigenvalue weighted by Crippen LogP contribution is 2.61. The Bertz CT molecular complexity index is 572. The first kappa shape index (κ1) is 10.2. The standard InChI is InChI=1S/C11H7F2NO3/c12-5-1-2-6(13)8-7(5)11(10(17)14-8)3-4(11)9(15)16/h1-2,4H,3H2,(H,14,17)(H,15,16). The normalized spacial score (nSPS) is 29.1. The summed E-state index contributed by atoms with van der Waals surface area (Å²) in [7, 11) is 0. The average molecular weight is 239 g/mol. The Hall–Kier alpha value is -1.98. The van der Waals surface area contributed by atoms with E-state index in [9.17, 15) is 18.4 Å². The zero-order valence-corrected chi connectivity index (χ0v) is 8.46. The number of carbonyl (C=O) groups excluding carboxylic acids is 1. The van der Waals surface area contributed by atoms with Crippen LogP contribution in [-0.4, -0.2) is 17.0 Å². The summed E-state index contributed by atoms with van der Waals surface area (Å²) in [5, 5.41) is 11.1. The number of hydrogen-bond acceptors (Lipinski definition) is 2. The average Bonchev–Trinajstić information content (AvgIpc) is 2.92. The molecule has 4 nitrogen and oxygen atoms in total. The Morgan fingerprint density at radius 3 is 2.65 bits per heavy atom. The Labute approximate surface area is 94.2 Å². The highest BCUT2D eigenvalue weighted by Gasteiger charge is 2.69. The monoisotopic (exact) mass is 239 g/mol. The van der Waals surface area contributed by atoms with Crippen molar-refractivity contribution in [2.75, 3.05) is 5.32 Å². The Balaban J connectivity index is 2.22. The number of fused-ring (bicyclic) bond motifs is 2. The zero-order valence-electron chi connectivity index (χ0n) is 8.46. The quantitative estimate of drug-likeness (QED) is 0.775. The number of carboxylic acid groups (broad SMARTS) is 1. The van der Waals surface area contributed by atoms with Gasteiger partial charge in [0.05, 0.1) is 17.0 Å². The topological polar surface area (TPSA) is 66.4 Å². The van der Waals surface area contributed by atoms with Crippen LogP contribution in [0.2, 0.25) is 0 Å². The van der Waals surface area contributed by atoms with Crippen molar-refractivity contribution in [2.45, 2.75) is 11.8 Å². The van der Waals surface area contributed by atoms with Crippen molar-refractivity contribution in [2.24, 2.45) is 5.92 Å². The summed E-state index contributed by atoms with van der Waals surface area (Å²) < 4.78 is 27.1. The molecule has 2 atom stereocenters. The lowest BCUT2D eigenvalue weighted by atomic mass is 9.94. The van der Waals surface area contributed by atoms with Crippen LogP contribution in [0.5, 0.6) is 0 Å². The summed E-state index contributed by atoms with van der Waals surface area (Å²) in [4.78, 5) is 22.6. The van der Waals surface area contributed by atoms with Crippen LogP contribution in [0.15, 0.2) is 12.1 Å². The number of carbonyl (C=O) groups is 2. The second-order valence-corrected chi connectivity index (χ2v) is 4.30. The van der Waals surface area contributed by atoms with Gasteiger partial charge >= 0.3 is 5.97 Å². The van der Waals surface area contributed by atoms with E-state index >= 15 is 0 Å². The van der Waals surface area contributed by atoms with Gasteiger partial charge in [-0.15, -0.1) is 0 Å². The molecule has 3 rings (SSSR count). The molecule has 6 heteroatoms. The van der Waals surface area contributed by atoms with E-state index in [4.69, 9.17) is 5.11 Å². The van der Waals surface area contributed by atoms with Crippen LogP contribution >= 0.6 is 0 Å². The summed E-state index contributed by atoms with van der Waals surface area (Å²) in [6.07, 6.45) is 0.0154. The first-order valence-corrected chi connectivity index (χ1v) is 5.01. The fourth-order valence-electron chi connectivity index (χ4n) is 2.54. The molecule has 17 heavy (non-hydrogen) atoms. The van der Waals surface area contributed by atoms with Gasteiger partial charge in [-0.2, -0.15) is 0 Å². The third kappa shape index (κ3) is 1.05. The maximum Gasteiger partial charge on any atom is 0.307 e. The molecule has 2 unspecified atom stereocenters. The molecule has 88 valence electrons. The van der Waals surface area contributed by atoms with Crippen LogP contribution in [0.3, 0.4) is 0 Å². The van der Waals surface area contributed by atoms with Crippen molar-refractivity contribution >= 4 is 17.6 Å². The SMILES string of the molecule is O=C(O)C1CC12C(=O)Nc1c(F)ccc(F)c12. The molecule has 1 amide bonds. The number of anilines is 1. The molecule has 0 saturated heterocycles. The van der Waals surface area contributed by atoms with E-state index in [0.717, 1.165) is 12.1 Å². The van der Waals surface area contributed by atoms with Crippen molar-refractivity contribution in [1.82, 2.24) is 0 Å². The van der Waals surface area contributed by atoms with Crippen LogP contribution in [0.25, 0.3) is 0 Å². The third-order valence-electron chi connectivity index (χ3n) is 3.45. The second kappa shape index (κ2) is 2.82. The van der Waals surface area contributed by atoms with Gasteiger partial charge in [-0.3, -0.25) is 9.59 Å². The summed E-state index contributed by atoms with van der Waals surface area (Å²) in [6.45, 7) is 0. The van der Waals surface area contributed by atoms with E-state index in [0.29, 0.717) is 0 Å². The van der Waals surface area contributed by atoms with E-state index < -0.39 is 34.8 Å². The molecule has 1 aliphatic carbocycles. The van der Waals surface area contributed by atoms with Gasteiger partial charge in [0.1, 0.15) is 11.6 Å². The van der Waals surface area contributed by atoms with Crippen molar-refractivity contribution in [1.29, 1.82) is 0 Å². The molecule has 1 aliphatic heterocycles. The molecule has 1 aromatic rings. The van der Waals surface area contributed by atoms with E-state index in [-0.39, 0.29) is 17.7 Å². The number of nitrogens with one attached hydrogen (secondary N) is 1. The van der Waals surface area contributed by atoms with Crippen LogP contribution < -0.4 is 5.32 Å². The Morgan fingerprint density at radius 1 is 1.41 bits per heavy atom. The minimum atomic E-state index is -1.41. The summed E-state index contributed by atoms with van der Waals surface area (Å²) in [6, 6.07) is 1.82. The smallest absolute Gasteiger partial charge is 0.307 e. The first-order chi connectivity index (χ1) is 7.98. The lowest BCUT2D eigenvalue weighted by Gasteiger charge is -2.07. The number of aliphatic carboxylic acids is 1. The van der Waals surface area contributed by atoms with Gasteiger partial charge in [-0.05, 0) is 18.6 Å². The first-order valence-electron chi connectivity index (χ1n) is 5.01. The fraction of sp³-hybridized carbons (Fsp3) is 0.273. The molecule has 1 saturated carbocycles. The van der Waals surface area contributed by atoms with Crippen molar-refractivity contribution < 1.29 is 23.5 Å². The molecular weight excluding hydrogens is 232 g/mol. The molecule has 1 aromatic carbocycles. The molecular formula is C11H7F2NO3. The molecule has 1 spiro atoms. The molecule has 2 N–H and O–H groups in total. The number of rotatable bonds is 1. The summed E-state index contributed by atoms with van der Waals surface area (Å²) in [5.41, 5.74) is -1.78. The van der Waals surface area contributed by atoms with Gasteiger partial charge in [0.25, 0.3) is 0 Å². The van der Waals surface area contributed by atoms with E-state index in [2.05, 4.69) is 5.32 Å². The van der Waals surface area contributed by atoms with Crippen LogP contribution in [0, 0.1) is 17.6 Å². The largest absolute Gasteiger partial charge is 0.481 e. The molecule has 0 aromatic heterocycles. The Morgan fingerprint density at radius 2 is 2.06 bits per heavy atom. The van der Waals surface area contributed by atoms with E-state index in [1.807, 2.05) is 0 Å². The maximum atomic E-state index is 13.7. The predicted molar refractivity (Wildman–Crippen MR) is 52.4 cm³/mol. The molecule has 0 radical (unpaired) electrons. The minimum absolute atomic E-state index is 0.0154. The Kier molecular flexibility index (Phi) is 1.69. The molecule has 0 bridgehead atoms. The number of carboxylic acids is 1. The summed E-state index contributed by atoms with van der Waals surface area (Å²) in [5.74, 6) is -4.27. The lowest BCUT2D eigenvalue weighted by molar-refractivity contribution is -0.140. The van der Waals surface area contributed by atoms with Gasteiger partial charge in [-0.25, -0.2) is 8.78 Å². The summed E-state index contributed by atoms with van der Waals surface area (Å²) >= 11 is 0. The van der Waals surface area contributed by atoms with Gasteiger partial charge in [0.15, 0.2) is 0 Å².